The molecule has 31 heavy (non-hydrogen) atoms. The summed E-state index contributed by atoms with van der Waals surface area (Å²) >= 11 is 0. The number of hydrazone groups is 1. The number of hydrogen-bond donors (Lipinski definition) is 1. The first kappa shape index (κ1) is 22.5. The third-order valence-corrected chi connectivity index (χ3v) is 6.75. The molecule has 0 unspecified atom stereocenters. The summed E-state index contributed by atoms with van der Waals surface area (Å²) in [5, 5.41) is 15.1. The van der Waals surface area contributed by atoms with Gasteiger partial charge in [-0.3, -0.25) is 14.9 Å². The van der Waals surface area contributed by atoms with Crippen molar-refractivity contribution >= 4 is 27.3 Å². The number of nitrogens with one attached hydrogen (secondary N) is 1. The number of carbonyl (C=O) groups is 1. The van der Waals surface area contributed by atoms with Gasteiger partial charge in [0, 0.05) is 35.8 Å². The Hall–Kier alpha value is -3.15. The molecule has 1 fully saturated rings. The number of nitrogens with zero attached hydrogens (tertiary/aromatic N) is 3. The van der Waals surface area contributed by atoms with Gasteiger partial charge in [-0.25, -0.2) is 13.8 Å². The zero-order valence-electron chi connectivity index (χ0n) is 17.1. The van der Waals surface area contributed by atoms with Crippen LogP contribution in [0.1, 0.15) is 28.4 Å². The summed E-state index contributed by atoms with van der Waals surface area (Å²) in [5.74, 6) is -0.597. The Kier molecular flexibility index (Phi) is 6.78. The van der Waals surface area contributed by atoms with E-state index in [0.717, 1.165) is 0 Å². The summed E-state index contributed by atoms with van der Waals surface area (Å²) in [4.78, 5) is 23.2. The maximum Gasteiger partial charge on any atom is 0.272 e. The number of benzene rings is 2. The maximum absolute atomic E-state index is 12.8. The van der Waals surface area contributed by atoms with Crippen LogP contribution in [0.15, 0.2) is 52.5 Å². The maximum atomic E-state index is 12.8. The predicted molar refractivity (Wildman–Crippen MR) is 114 cm³/mol. The van der Waals surface area contributed by atoms with Gasteiger partial charge in [0.05, 0.1) is 28.7 Å². The zero-order chi connectivity index (χ0) is 22.6. The second kappa shape index (κ2) is 9.33. The van der Waals surface area contributed by atoms with Gasteiger partial charge < -0.3 is 4.74 Å². The largest absolute Gasteiger partial charge is 0.379 e. The van der Waals surface area contributed by atoms with Crippen molar-refractivity contribution in [3.05, 3.63) is 69.3 Å². The van der Waals surface area contributed by atoms with Gasteiger partial charge in [-0.2, -0.15) is 9.41 Å². The van der Waals surface area contributed by atoms with E-state index < -0.39 is 20.9 Å². The van der Waals surface area contributed by atoms with Crippen LogP contribution < -0.4 is 5.43 Å². The first-order valence-electron chi connectivity index (χ1n) is 9.48. The monoisotopic (exact) mass is 446 g/mol. The molecule has 2 aromatic carbocycles. The number of nitro benzene ring substituents is 1. The minimum atomic E-state index is -3.74. The lowest BCUT2D eigenvalue weighted by atomic mass is 10.1. The van der Waals surface area contributed by atoms with Crippen molar-refractivity contribution in [1.29, 1.82) is 0 Å². The molecule has 1 aliphatic heterocycles. The van der Waals surface area contributed by atoms with E-state index in [1.54, 1.807) is 26.0 Å². The molecule has 1 heterocycles. The number of nitro groups is 1. The molecule has 164 valence electrons. The molecule has 0 aromatic heterocycles. The summed E-state index contributed by atoms with van der Waals surface area (Å²) in [7, 11) is -3.74. The molecule has 1 saturated heterocycles. The molecule has 1 aliphatic rings. The number of sulfonamides is 1. The molecule has 1 N–H and O–H groups in total. The molecule has 3 rings (SSSR count). The fourth-order valence-corrected chi connectivity index (χ4v) is 4.48. The molecule has 0 saturated carbocycles. The zero-order valence-corrected chi connectivity index (χ0v) is 17.9. The summed E-state index contributed by atoms with van der Waals surface area (Å²) in [6.45, 7) is 4.40. The van der Waals surface area contributed by atoms with Crippen LogP contribution >= 0.6 is 0 Å². The van der Waals surface area contributed by atoms with Crippen LogP contribution in [-0.4, -0.2) is 55.6 Å². The predicted octanol–water partition coefficient (Wildman–Crippen LogP) is 2.08. The molecular formula is C20H22N4O6S. The molecule has 0 aliphatic carbocycles. The smallest absolute Gasteiger partial charge is 0.272 e. The number of aryl methyl sites for hydroxylation is 1. The van der Waals surface area contributed by atoms with E-state index in [0.29, 0.717) is 30.1 Å². The van der Waals surface area contributed by atoms with Gasteiger partial charge in [-0.05, 0) is 32.0 Å². The first-order valence-corrected chi connectivity index (χ1v) is 10.9. The minimum Gasteiger partial charge on any atom is -0.379 e. The van der Waals surface area contributed by atoms with Crippen molar-refractivity contribution in [1.82, 2.24) is 9.73 Å². The number of amides is 1. The Balaban J connectivity index is 1.77. The molecule has 0 radical (unpaired) electrons. The normalized spacial score (nSPS) is 15.5. The fraction of sp³-hybridized carbons (Fsp3) is 0.300. The summed E-state index contributed by atoms with van der Waals surface area (Å²) in [6.07, 6.45) is 0. The van der Waals surface area contributed by atoms with Crippen LogP contribution in [-0.2, 0) is 14.8 Å². The third kappa shape index (κ3) is 5.13. The number of rotatable bonds is 6. The fourth-order valence-electron chi connectivity index (χ4n) is 3.03. The molecule has 0 bridgehead atoms. The minimum absolute atomic E-state index is 0.0110. The van der Waals surface area contributed by atoms with Crippen LogP contribution in [0, 0.1) is 17.0 Å². The van der Waals surface area contributed by atoms with E-state index >= 15 is 0 Å². The molecule has 11 heteroatoms. The SMILES string of the molecule is CC(=NNC(=O)c1cccc(S(=O)(=O)N2CCOCC2)c1)c1ccc(C)c([N+](=O)[O-])c1. The van der Waals surface area contributed by atoms with Gasteiger partial charge >= 0.3 is 0 Å². The number of ether oxygens (including phenoxy) is 1. The van der Waals surface area contributed by atoms with Crippen molar-refractivity contribution in [2.45, 2.75) is 18.7 Å². The van der Waals surface area contributed by atoms with E-state index in [1.165, 1.54) is 34.6 Å². The highest BCUT2D eigenvalue weighted by atomic mass is 32.2. The van der Waals surface area contributed by atoms with Crippen LogP contribution in [0.4, 0.5) is 5.69 Å². The van der Waals surface area contributed by atoms with Gasteiger partial charge in [-0.15, -0.1) is 0 Å². The average Bonchev–Trinajstić information content (AvgIpc) is 2.78. The van der Waals surface area contributed by atoms with Crippen molar-refractivity contribution in [2.24, 2.45) is 5.10 Å². The lowest BCUT2D eigenvalue weighted by Gasteiger charge is -2.26. The van der Waals surface area contributed by atoms with Crippen molar-refractivity contribution < 1.29 is 22.9 Å². The van der Waals surface area contributed by atoms with Crippen LogP contribution in [0.5, 0.6) is 0 Å². The Morgan fingerprint density at radius 1 is 1.16 bits per heavy atom. The molecule has 0 spiro atoms. The Morgan fingerprint density at radius 2 is 1.87 bits per heavy atom. The van der Waals surface area contributed by atoms with Crippen molar-refractivity contribution in [2.75, 3.05) is 26.3 Å². The lowest BCUT2D eigenvalue weighted by Crippen LogP contribution is -2.40. The average molecular weight is 446 g/mol. The molecule has 1 amide bonds. The Morgan fingerprint density at radius 3 is 2.55 bits per heavy atom. The topological polar surface area (TPSA) is 131 Å². The standard InChI is InChI=1S/C20H22N4O6S/c1-14-6-7-16(13-19(14)24(26)27)15(2)21-22-20(25)17-4-3-5-18(12-17)31(28,29)23-8-10-30-11-9-23/h3-7,12-13H,8-11H2,1-2H3,(H,22,25). The van der Waals surface area contributed by atoms with Gasteiger partial charge in [0.2, 0.25) is 10.0 Å². The second-order valence-corrected chi connectivity index (χ2v) is 8.88. The molecule has 0 atom stereocenters. The first-order chi connectivity index (χ1) is 14.7. The highest BCUT2D eigenvalue weighted by Gasteiger charge is 2.26. The number of hydrogen-bond acceptors (Lipinski definition) is 7. The van der Waals surface area contributed by atoms with Crippen LogP contribution in [0.25, 0.3) is 0 Å². The van der Waals surface area contributed by atoms with Crippen molar-refractivity contribution in [3.63, 3.8) is 0 Å². The molecule has 2 aromatic rings. The van der Waals surface area contributed by atoms with Gasteiger partial charge in [-0.1, -0.05) is 18.2 Å². The van der Waals surface area contributed by atoms with E-state index in [2.05, 4.69) is 10.5 Å². The summed E-state index contributed by atoms with van der Waals surface area (Å²) < 4.78 is 32.1. The van der Waals surface area contributed by atoms with Crippen LogP contribution in [0.2, 0.25) is 0 Å². The quantitative estimate of drug-likeness (QED) is 0.411. The second-order valence-electron chi connectivity index (χ2n) is 6.94. The lowest BCUT2D eigenvalue weighted by molar-refractivity contribution is -0.385. The highest BCUT2D eigenvalue weighted by molar-refractivity contribution is 7.89. The molecule has 10 nitrogen and oxygen atoms in total. The third-order valence-electron chi connectivity index (χ3n) is 4.85. The van der Waals surface area contributed by atoms with Gasteiger partial charge in [0.15, 0.2) is 0 Å². The number of carbonyl (C=O) groups excluding carboxylic acids is 1. The number of morpholine rings is 1. The van der Waals surface area contributed by atoms with Crippen LogP contribution in [0.3, 0.4) is 0 Å². The van der Waals surface area contributed by atoms with Gasteiger partial charge in [0.25, 0.3) is 11.6 Å². The summed E-state index contributed by atoms with van der Waals surface area (Å²) in [6, 6.07) is 10.4. The highest BCUT2D eigenvalue weighted by Crippen LogP contribution is 2.20. The summed E-state index contributed by atoms with van der Waals surface area (Å²) in [5.41, 5.74) is 3.83. The van der Waals surface area contributed by atoms with E-state index in [4.69, 9.17) is 4.74 Å². The van der Waals surface area contributed by atoms with E-state index in [-0.39, 0.29) is 29.2 Å². The molecular weight excluding hydrogens is 424 g/mol. The van der Waals surface area contributed by atoms with Crippen molar-refractivity contribution in [3.8, 4) is 0 Å². The Labute approximate surface area is 179 Å². The van der Waals surface area contributed by atoms with Gasteiger partial charge in [0.1, 0.15) is 0 Å². The van der Waals surface area contributed by atoms with E-state index in [1.807, 2.05) is 0 Å². The Bertz CT molecular complexity index is 1140. The van der Waals surface area contributed by atoms with E-state index in [9.17, 15) is 23.3 Å².